The van der Waals surface area contributed by atoms with E-state index in [9.17, 15) is 14.9 Å². The van der Waals surface area contributed by atoms with Crippen LogP contribution in [0.5, 0.6) is 0 Å². The van der Waals surface area contributed by atoms with Crippen LogP contribution in [0.4, 0.5) is 11.5 Å². The molecule has 3 N–H and O–H groups in total. The first-order chi connectivity index (χ1) is 13.5. The smallest absolute Gasteiger partial charge is 0.269 e. The molecule has 28 heavy (non-hydrogen) atoms. The molecule has 1 amide bonds. The largest absolute Gasteiger partial charge is 0.365 e. The van der Waals surface area contributed by atoms with Crippen molar-refractivity contribution in [1.29, 1.82) is 0 Å². The second-order valence-electron chi connectivity index (χ2n) is 6.22. The number of nitro benzene ring substituents is 1. The number of carbonyl (C=O) groups excluding carboxylic acids is 1. The average molecular weight is 377 g/mol. The molecule has 0 aliphatic heterocycles. The maximum atomic E-state index is 11.9. The molecule has 1 heterocycles. The predicted octanol–water partition coefficient (Wildman–Crippen LogP) is 3.32. The highest BCUT2D eigenvalue weighted by atomic mass is 16.6. The molecule has 142 valence electrons. The van der Waals surface area contributed by atoms with Gasteiger partial charge in [-0.1, -0.05) is 43.3 Å². The first-order valence-electron chi connectivity index (χ1n) is 8.71. The number of aromatic amines is 1. The van der Waals surface area contributed by atoms with Gasteiger partial charge in [-0.25, -0.2) is 4.99 Å². The molecular formula is C20H19N5O3. The zero-order valence-electron chi connectivity index (χ0n) is 15.3. The molecule has 8 heteroatoms. The van der Waals surface area contributed by atoms with Crippen LogP contribution in [-0.2, 0) is 12.8 Å². The lowest BCUT2D eigenvalue weighted by molar-refractivity contribution is -0.384. The van der Waals surface area contributed by atoms with Gasteiger partial charge in [0.05, 0.1) is 10.6 Å². The Morgan fingerprint density at radius 1 is 1.25 bits per heavy atom. The molecule has 8 nitrogen and oxygen atoms in total. The van der Waals surface area contributed by atoms with Crippen molar-refractivity contribution in [3.63, 3.8) is 0 Å². The minimum absolute atomic E-state index is 0.00286. The van der Waals surface area contributed by atoms with Crippen LogP contribution in [-0.4, -0.2) is 27.2 Å². The highest BCUT2D eigenvalue weighted by Gasteiger charge is 2.18. The van der Waals surface area contributed by atoms with Crippen molar-refractivity contribution in [2.75, 3.05) is 0 Å². The molecule has 0 saturated carbocycles. The summed E-state index contributed by atoms with van der Waals surface area (Å²) in [5.74, 6) is -0.425. The maximum Gasteiger partial charge on any atom is 0.269 e. The first kappa shape index (κ1) is 19.0. The Kier molecular flexibility index (Phi) is 5.59. The van der Waals surface area contributed by atoms with E-state index in [1.54, 1.807) is 18.3 Å². The lowest BCUT2D eigenvalue weighted by atomic mass is 10.1. The summed E-state index contributed by atoms with van der Waals surface area (Å²) in [4.78, 5) is 26.6. The quantitative estimate of drug-likeness (QED) is 0.372. The molecule has 0 aliphatic rings. The van der Waals surface area contributed by atoms with Gasteiger partial charge in [0.2, 0.25) is 0 Å². The van der Waals surface area contributed by atoms with Gasteiger partial charge in [0, 0.05) is 24.8 Å². The molecule has 0 bridgehead atoms. The van der Waals surface area contributed by atoms with E-state index >= 15 is 0 Å². The molecular weight excluding hydrogens is 358 g/mol. The number of nitrogens with two attached hydrogens (primary N) is 1. The molecule has 0 saturated heterocycles. The Morgan fingerprint density at radius 2 is 2.00 bits per heavy atom. The van der Waals surface area contributed by atoms with E-state index in [1.165, 1.54) is 17.7 Å². The van der Waals surface area contributed by atoms with Gasteiger partial charge in [-0.15, -0.1) is 0 Å². The Hall–Kier alpha value is -3.81. The van der Waals surface area contributed by atoms with Crippen LogP contribution in [0, 0.1) is 10.1 Å². The molecule has 3 rings (SSSR count). The number of nitrogens with one attached hydrogen (secondary N) is 1. The van der Waals surface area contributed by atoms with Crippen molar-refractivity contribution < 1.29 is 9.72 Å². The van der Waals surface area contributed by atoms with Crippen LogP contribution >= 0.6 is 0 Å². The van der Waals surface area contributed by atoms with Gasteiger partial charge >= 0.3 is 0 Å². The number of nitrogens with zero attached hydrogens (tertiary/aromatic N) is 3. The lowest BCUT2D eigenvalue weighted by Crippen LogP contribution is -2.13. The van der Waals surface area contributed by atoms with E-state index in [0.29, 0.717) is 12.1 Å². The standard InChI is InChI=1S/C20H19N5O3/c1-2-13-4-3-5-15(10-13)12-22-20-18(19(21)26)17(23-24-20)11-14-6-8-16(9-7-14)25(27)28/h3-10,12H,2,11H2,1H3,(H2,21,26)(H,23,24). The van der Waals surface area contributed by atoms with Crippen LogP contribution in [0.2, 0.25) is 0 Å². The van der Waals surface area contributed by atoms with Gasteiger partial charge in [0.15, 0.2) is 5.82 Å². The minimum Gasteiger partial charge on any atom is -0.365 e. The second-order valence-corrected chi connectivity index (χ2v) is 6.22. The second kappa shape index (κ2) is 8.26. The molecule has 0 unspecified atom stereocenters. The number of hydrogen-bond acceptors (Lipinski definition) is 5. The molecule has 2 aromatic carbocycles. The van der Waals surface area contributed by atoms with Crippen LogP contribution in [0.15, 0.2) is 53.5 Å². The van der Waals surface area contributed by atoms with Gasteiger partial charge in [0.25, 0.3) is 11.6 Å². The van der Waals surface area contributed by atoms with E-state index in [4.69, 9.17) is 5.73 Å². The van der Waals surface area contributed by atoms with Crippen LogP contribution in [0.25, 0.3) is 0 Å². The van der Waals surface area contributed by atoms with Gasteiger partial charge < -0.3 is 5.73 Å². The topological polar surface area (TPSA) is 127 Å². The molecule has 3 aromatic rings. The Balaban J connectivity index is 1.86. The van der Waals surface area contributed by atoms with Gasteiger partial charge in [0.1, 0.15) is 5.56 Å². The summed E-state index contributed by atoms with van der Waals surface area (Å²) < 4.78 is 0. The summed E-state index contributed by atoms with van der Waals surface area (Å²) in [6, 6.07) is 14.0. The summed E-state index contributed by atoms with van der Waals surface area (Å²) in [5.41, 5.74) is 9.11. The van der Waals surface area contributed by atoms with Crippen molar-refractivity contribution in [2.24, 2.45) is 10.7 Å². The summed E-state index contributed by atoms with van der Waals surface area (Å²) in [6.07, 6.45) is 2.87. The fourth-order valence-electron chi connectivity index (χ4n) is 2.82. The average Bonchev–Trinajstić information content (AvgIpc) is 3.09. The molecule has 0 aliphatic carbocycles. The van der Waals surface area contributed by atoms with Gasteiger partial charge in [-0.2, -0.15) is 5.10 Å². The number of carbonyl (C=O) groups is 1. The number of rotatable bonds is 7. The Morgan fingerprint density at radius 3 is 2.64 bits per heavy atom. The van der Waals surface area contributed by atoms with Gasteiger partial charge in [-0.3, -0.25) is 20.0 Å². The summed E-state index contributed by atoms with van der Waals surface area (Å²) in [6.45, 7) is 2.07. The number of H-pyrrole nitrogens is 1. The number of aliphatic imine (C=N–C) groups is 1. The maximum absolute atomic E-state index is 11.9. The zero-order valence-corrected chi connectivity index (χ0v) is 15.3. The molecule has 0 spiro atoms. The molecule has 0 atom stereocenters. The minimum atomic E-state index is -0.639. The first-order valence-corrected chi connectivity index (χ1v) is 8.71. The number of aromatic nitrogens is 2. The number of amides is 1. The van der Waals surface area contributed by atoms with E-state index in [2.05, 4.69) is 22.1 Å². The summed E-state index contributed by atoms with van der Waals surface area (Å²) >= 11 is 0. The monoisotopic (exact) mass is 377 g/mol. The van der Waals surface area contributed by atoms with E-state index < -0.39 is 10.8 Å². The number of non-ortho nitro benzene ring substituents is 1. The van der Waals surface area contributed by atoms with Crippen LogP contribution < -0.4 is 5.73 Å². The van der Waals surface area contributed by atoms with E-state index in [1.807, 2.05) is 24.3 Å². The SMILES string of the molecule is CCc1cccc(C=Nc2n[nH]c(Cc3ccc([N+](=O)[O-])cc3)c2C(N)=O)c1. The number of benzene rings is 2. The van der Waals surface area contributed by atoms with Crippen molar-refractivity contribution in [1.82, 2.24) is 10.2 Å². The third-order valence-corrected chi connectivity index (χ3v) is 4.29. The van der Waals surface area contributed by atoms with Crippen LogP contribution in [0.3, 0.4) is 0 Å². The summed E-state index contributed by atoms with van der Waals surface area (Å²) in [5, 5.41) is 17.7. The Bertz CT molecular complexity index is 1040. The Labute approximate surface area is 161 Å². The number of nitro groups is 1. The molecule has 1 aromatic heterocycles. The van der Waals surface area contributed by atoms with Crippen molar-refractivity contribution >= 4 is 23.6 Å². The van der Waals surface area contributed by atoms with E-state index in [0.717, 1.165) is 17.5 Å². The fourth-order valence-corrected chi connectivity index (χ4v) is 2.82. The fraction of sp³-hybridized carbons (Fsp3) is 0.150. The van der Waals surface area contributed by atoms with Crippen molar-refractivity contribution in [2.45, 2.75) is 19.8 Å². The van der Waals surface area contributed by atoms with E-state index in [-0.39, 0.29) is 17.1 Å². The third-order valence-electron chi connectivity index (χ3n) is 4.29. The number of primary amides is 1. The predicted molar refractivity (Wildman–Crippen MR) is 106 cm³/mol. The van der Waals surface area contributed by atoms with Crippen molar-refractivity contribution in [3.05, 3.63) is 86.6 Å². The summed E-state index contributed by atoms with van der Waals surface area (Å²) in [7, 11) is 0. The van der Waals surface area contributed by atoms with Crippen molar-refractivity contribution in [3.8, 4) is 0 Å². The lowest BCUT2D eigenvalue weighted by Gasteiger charge is -2.02. The zero-order chi connectivity index (χ0) is 20.1. The normalized spacial score (nSPS) is 11.0. The number of aryl methyl sites for hydroxylation is 1. The van der Waals surface area contributed by atoms with Gasteiger partial charge in [-0.05, 0) is 23.1 Å². The highest BCUT2D eigenvalue weighted by Crippen LogP contribution is 2.23. The highest BCUT2D eigenvalue weighted by molar-refractivity contribution is 5.99. The van der Waals surface area contributed by atoms with Crippen LogP contribution in [0.1, 0.15) is 39.7 Å². The molecule has 0 radical (unpaired) electrons. The number of hydrogen-bond donors (Lipinski definition) is 2. The molecule has 0 fully saturated rings. The third kappa shape index (κ3) is 4.29.